The Labute approximate surface area is 190 Å². The zero-order chi connectivity index (χ0) is 22.8. The number of fused-ring (bicyclic) bond motifs is 1. The van der Waals surface area contributed by atoms with E-state index in [1.165, 1.54) is 11.1 Å². The van der Waals surface area contributed by atoms with E-state index >= 15 is 0 Å². The predicted octanol–water partition coefficient (Wildman–Crippen LogP) is 6.65. The summed E-state index contributed by atoms with van der Waals surface area (Å²) >= 11 is 0. The number of nitrogens with zero attached hydrogens (tertiary/aromatic N) is 2. The van der Waals surface area contributed by atoms with Crippen molar-refractivity contribution in [1.29, 1.82) is 5.26 Å². The molecule has 3 aromatic carbocycles. The molecular weight excluding hydrogens is 394 g/mol. The number of benzene rings is 3. The fourth-order valence-corrected chi connectivity index (χ4v) is 4.56. The Morgan fingerprint density at radius 3 is 2.28 bits per heavy atom. The van der Waals surface area contributed by atoms with Crippen LogP contribution in [0.2, 0.25) is 0 Å². The lowest BCUT2D eigenvalue weighted by Gasteiger charge is -2.39. The average Bonchev–Trinajstić information content (AvgIpc) is 2.79. The number of rotatable bonds is 4. The minimum atomic E-state index is 0.0598. The first-order valence-corrected chi connectivity index (χ1v) is 11.2. The SMILES string of the molecule is CC(=O)N1c2ccc(-c3ccc(C(C)C)cc3)cc2C(Nc2ccc(C#N)cc2)CC1C. The molecule has 4 heteroatoms. The second kappa shape index (κ2) is 8.88. The summed E-state index contributed by atoms with van der Waals surface area (Å²) in [5.41, 5.74) is 7.32. The Kier molecular flexibility index (Phi) is 6.01. The van der Waals surface area contributed by atoms with Gasteiger partial charge in [0, 0.05) is 24.3 Å². The van der Waals surface area contributed by atoms with Crippen LogP contribution in [0, 0.1) is 11.3 Å². The third kappa shape index (κ3) is 4.24. The number of nitriles is 1. The summed E-state index contributed by atoms with van der Waals surface area (Å²) in [5.74, 6) is 0.559. The van der Waals surface area contributed by atoms with Crippen molar-refractivity contribution in [1.82, 2.24) is 0 Å². The van der Waals surface area contributed by atoms with Gasteiger partial charge in [-0.25, -0.2) is 0 Å². The number of amides is 1. The zero-order valence-corrected chi connectivity index (χ0v) is 19.1. The molecule has 3 aromatic rings. The van der Waals surface area contributed by atoms with Crippen LogP contribution < -0.4 is 10.2 Å². The van der Waals surface area contributed by atoms with Crippen LogP contribution >= 0.6 is 0 Å². The van der Waals surface area contributed by atoms with Crippen molar-refractivity contribution in [2.75, 3.05) is 10.2 Å². The number of anilines is 2. The van der Waals surface area contributed by atoms with E-state index in [2.05, 4.69) is 74.6 Å². The van der Waals surface area contributed by atoms with Crippen LogP contribution in [0.25, 0.3) is 11.1 Å². The molecule has 0 radical (unpaired) electrons. The zero-order valence-electron chi connectivity index (χ0n) is 19.1. The maximum Gasteiger partial charge on any atom is 0.224 e. The quantitative estimate of drug-likeness (QED) is 0.511. The largest absolute Gasteiger partial charge is 0.378 e. The Morgan fingerprint density at radius 1 is 1.03 bits per heavy atom. The summed E-state index contributed by atoms with van der Waals surface area (Å²) in [4.78, 5) is 14.3. The normalized spacial score (nSPS) is 17.6. The molecule has 32 heavy (non-hydrogen) atoms. The Morgan fingerprint density at radius 2 is 1.69 bits per heavy atom. The summed E-state index contributed by atoms with van der Waals surface area (Å²) in [7, 11) is 0. The Bertz CT molecular complexity index is 1160. The predicted molar refractivity (Wildman–Crippen MR) is 131 cm³/mol. The van der Waals surface area contributed by atoms with Gasteiger partial charge in [-0.3, -0.25) is 4.79 Å². The molecule has 0 aliphatic carbocycles. The molecule has 0 aromatic heterocycles. The second-order valence-corrected chi connectivity index (χ2v) is 8.91. The maximum atomic E-state index is 12.4. The molecular formula is C28H29N3O. The summed E-state index contributed by atoms with van der Waals surface area (Å²) in [5, 5.41) is 12.7. The fourth-order valence-electron chi connectivity index (χ4n) is 4.56. The molecule has 2 unspecified atom stereocenters. The van der Waals surface area contributed by atoms with Crippen LogP contribution in [0.1, 0.15) is 62.8 Å². The van der Waals surface area contributed by atoms with Gasteiger partial charge in [0.15, 0.2) is 0 Å². The van der Waals surface area contributed by atoms with Gasteiger partial charge in [-0.05, 0) is 77.9 Å². The molecule has 0 spiro atoms. The van der Waals surface area contributed by atoms with Crippen molar-refractivity contribution < 1.29 is 4.79 Å². The third-order valence-electron chi connectivity index (χ3n) is 6.28. The van der Waals surface area contributed by atoms with Gasteiger partial charge in [0.05, 0.1) is 17.7 Å². The van der Waals surface area contributed by atoms with Crippen molar-refractivity contribution >= 4 is 17.3 Å². The van der Waals surface area contributed by atoms with Gasteiger partial charge in [-0.15, -0.1) is 0 Å². The van der Waals surface area contributed by atoms with Crippen LogP contribution in [-0.4, -0.2) is 11.9 Å². The first kappa shape index (κ1) is 21.6. The lowest BCUT2D eigenvalue weighted by Crippen LogP contribution is -2.43. The van der Waals surface area contributed by atoms with E-state index in [0.29, 0.717) is 11.5 Å². The molecule has 0 saturated heterocycles. The molecule has 4 nitrogen and oxygen atoms in total. The van der Waals surface area contributed by atoms with Gasteiger partial charge in [-0.2, -0.15) is 5.26 Å². The monoisotopic (exact) mass is 423 g/mol. The van der Waals surface area contributed by atoms with E-state index in [0.717, 1.165) is 28.9 Å². The molecule has 1 aliphatic rings. The lowest BCUT2D eigenvalue weighted by atomic mass is 9.88. The number of carbonyl (C=O) groups excluding carboxylic acids is 1. The summed E-state index contributed by atoms with van der Waals surface area (Å²) in [6.45, 7) is 8.12. The minimum absolute atomic E-state index is 0.0598. The van der Waals surface area contributed by atoms with E-state index in [1.807, 2.05) is 29.2 Å². The first-order valence-electron chi connectivity index (χ1n) is 11.2. The van der Waals surface area contributed by atoms with Gasteiger partial charge in [-0.1, -0.05) is 44.2 Å². The summed E-state index contributed by atoms with van der Waals surface area (Å²) in [6, 6.07) is 25.0. The molecule has 2 atom stereocenters. The van der Waals surface area contributed by atoms with E-state index < -0.39 is 0 Å². The molecule has 4 rings (SSSR count). The van der Waals surface area contributed by atoms with Gasteiger partial charge in [0.25, 0.3) is 0 Å². The first-order chi connectivity index (χ1) is 15.4. The molecule has 1 aliphatic heterocycles. The second-order valence-electron chi connectivity index (χ2n) is 8.91. The minimum Gasteiger partial charge on any atom is -0.378 e. The smallest absolute Gasteiger partial charge is 0.224 e. The van der Waals surface area contributed by atoms with Crippen LogP contribution in [0.15, 0.2) is 66.7 Å². The van der Waals surface area contributed by atoms with Crippen molar-refractivity contribution in [2.45, 2.75) is 52.1 Å². The van der Waals surface area contributed by atoms with Crippen molar-refractivity contribution in [2.24, 2.45) is 0 Å². The van der Waals surface area contributed by atoms with Crippen molar-refractivity contribution in [3.05, 3.63) is 83.4 Å². The van der Waals surface area contributed by atoms with Gasteiger partial charge >= 0.3 is 0 Å². The van der Waals surface area contributed by atoms with Crippen LogP contribution in [-0.2, 0) is 4.79 Å². The molecule has 0 saturated carbocycles. The highest BCUT2D eigenvalue weighted by Crippen LogP contribution is 2.41. The third-order valence-corrected chi connectivity index (χ3v) is 6.28. The highest BCUT2D eigenvalue weighted by atomic mass is 16.2. The lowest BCUT2D eigenvalue weighted by molar-refractivity contribution is -0.117. The number of hydrogen-bond acceptors (Lipinski definition) is 3. The number of carbonyl (C=O) groups is 1. The van der Waals surface area contributed by atoms with Gasteiger partial charge in [0.2, 0.25) is 5.91 Å². The Balaban J connectivity index is 1.73. The highest BCUT2D eigenvalue weighted by Gasteiger charge is 2.32. The number of nitrogens with one attached hydrogen (secondary N) is 1. The van der Waals surface area contributed by atoms with Gasteiger partial charge < -0.3 is 10.2 Å². The molecule has 162 valence electrons. The van der Waals surface area contributed by atoms with Gasteiger partial charge in [0.1, 0.15) is 0 Å². The van der Waals surface area contributed by atoms with Crippen molar-refractivity contribution in [3.8, 4) is 17.2 Å². The van der Waals surface area contributed by atoms with Crippen LogP contribution in [0.4, 0.5) is 11.4 Å². The van der Waals surface area contributed by atoms with E-state index in [9.17, 15) is 4.79 Å². The molecule has 1 heterocycles. The van der Waals surface area contributed by atoms with Crippen LogP contribution in [0.3, 0.4) is 0 Å². The van der Waals surface area contributed by atoms with E-state index in [1.54, 1.807) is 6.92 Å². The van der Waals surface area contributed by atoms with E-state index in [4.69, 9.17) is 5.26 Å². The number of hydrogen-bond donors (Lipinski definition) is 1. The fraction of sp³-hybridized carbons (Fsp3) is 0.286. The standard InChI is InChI=1S/C28H29N3O/c1-18(2)22-7-9-23(10-8-22)24-11-14-28-26(16-24)27(15-19(3)31(28)20(4)32)30-25-12-5-21(17-29)6-13-25/h5-14,16,18-19,27,30H,15H2,1-4H3. The topological polar surface area (TPSA) is 56.1 Å². The highest BCUT2D eigenvalue weighted by molar-refractivity contribution is 5.94. The van der Waals surface area contributed by atoms with Crippen LogP contribution in [0.5, 0.6) is 0 Å². The average molecular weight is 424 g/mol. The van der Waals surface area contributed by atoms with E-state index in [-0.39, 0.29) is 18.0 Å². The molecule has 1 amide bonds. The Hall–Kier alpha value is -3.58. The molecule has 0 fully saturated rings. The summed E-state index contributed by atoms with van der Waals surface area (Å²) in [6.07, 6.45) is 0.808. The molecule has 0 bridgehead atoms. The van der Waals surface area contributed by atoms with Crippen molar-refractivity contribution in [3.63, 3.8) is 0 Å². The maximum absolute atomic E-state index is 12.4. The summed E-state index contributed by atoms with van der Waals surface area (Å²) < 4.78 is 0. The molecule has 1 N–H and O–H groups in total.